The van der Waals surface area contributed by atoms with E-state index in [2.05, 4.69) is 5.32 Å². The van der Waals surface area contributed by atoms with Crippen LogP contribution in [0.3, 0.4) is 0 Å². The lowest BCUT2D eigenvalue weighted by Gasteiger charge is -2.26. The molecule has 0 heterocycles. The summed E-state index contributed by atoms with van der Waals surface area (Å²) in [5.74, 6) is 0.480. The monoisotopic (exact) mass is 295 g/mol. The highest BCUT2D eigenvalue weighted by atomic mass is 16.5. The number of nitrogens with one attached hydrogen (secondary N) is 1. The number of carbonyl (C=O) groups is 1. The fourth-order valence-electron chi connectivity index (χ4n) is 1.87. The maximum atomic E-state index is 11.9. The van der Waals surface area contributed by atoms with Gasteiger partial charge in [-0.2, -0.15) is 0 Å². The summed E-state index contributed by atoms with van der Waals surface area (Å²) in [6, 6.07) is 7.58. The highest BCUT2D eigenvalue weighted by molar-refractivity contribution is 5.80. The molecule has 0 aliphatic heterocycles. The molecule has 5 heteroatoms. The summed E-state index contributed by atoms with van der Waals surface area (Å²) in [6.45, 7) is 4.51. The zero-order valence-electron chi connectivity index (χ0n) is 13.0. The Morgan fingerprint density at radius 3 is 2.52 bits per heavy atom. The van der Waals surface area contributed by atoms with Crippen molar-refractivity contribution in [1.82, 2.24) is 5.32 Å². The number of aliphatic hydroxyl groups is 1. The molecule has 0 saturated carbocycles. The summed E-state index contributed by atoms with van der Waals surface area (Å²) in [4.78, 5) is 11.9. The lowest BCUT2D eigenvalue weighted by Crippen LogP contribution is -2.49. The average molecular weight is 295 g/mol. The van der Waals surface area contributed by atoms with Crippen LogP contribution in [0, 0.1) is 0 Å². The van der Waals surface area contributed by atoms with Gasteiger partial charge in [-0.1, -0.05) is 12.1 Å². The van der Waals surface area contributed by atoms with Crippen molar-refractivity contribution >= 4 is 5.97 Å². The second-order valence-corrected chi connectivity index (χ2v) is 5.02. The van der Waals surface area contributed by atoms with Crippen molar-refractivity contribution in [2.75, 3.05) is 26.9 Å². The van der Waals surface area contributed by atoms with Gasteiger partial charge in [0, 0.05) is 13.0 Å². The van der Waals surface area contributed by atoms with Crippen LogP contribution in [-0.2, 0) is 16.0 Å². The van der Waals surface area contributed by atoms with Gasteiger partial charge in [-0.05, 0) is 45.0 Å². The van der Waals surface area contributed by atoms with Crippen LogP contribution in [0.15, 0.2) is 24.3 Å². The normalized spacial score (nSPS) is 13.5. The molecule has 118 valence electrons. The van der Waals surface area contributed by atoms with E-state index in [1.54, 1.807) is 20.9 Å². The number of carbonyl (C=O) groups excluding carboxylic acids is 1. The topological polar surface area (TPSA) is 67.8 Å². The van der Waals surface area contributed by atoms with Gasteiger partial charge in [0.2, 0.25) is 0 Å². The SMILES string of the molecule is CCOC(=O)C(C)(CCOc1ccc(CCO)cc1)NC. The summed E-state index contributed by atoms with van der Waals surface area (Å²) < 4.78 is 10.7. The van der Waals surface area contributed by atoms with E-state index in [0.29, 0.717) is 26.1 Å². The second-order valence-electron chi connectivity index (χ2n) is 5.02. The quantitative estimate of drug-likeness (QED) is 0.676. The maximum Gasteiger partial charge on any atom is 0.326 e. The van der Waals surface area contributed by atoms with Gasteiger partial charge in [0.15, 0.2) is 0 Å². The largest absolute Gasteiger partial charge is 0.494 e. The average Bonchev–Trinajstić information content (AvgIpc) is 2.49. The number of benzene rings is 1. The van der Waals surface area contributed by atoms with Crippen molar-refractivity contribution in [3.8, 4) is 5.75 Å². The third-order valence-electron chi connectivity index (χ3n) is 3.47. The molecule has 2 N–H and O–H groups in total. The fraction of sp³-hybridized carbons (Fsp3) is 0.562. The predicted molar refractivity (Wildman–Crippen MR) is 81.4 cm³/mol. The molecule has 0 bridgehead atoms. The molecule has 5 nitrogen and oxygen atoms in total. The zero-order valence-corrected chi connectivity index (χ0v) is 13.0. The van der Waals surface area contributed by atoms with E-state index in [1.807, 2.05) is 24.3 Å². The van der Waals surface area contributed by atoms with Gasteiger partial charge >= 0.3 is 5.97 Å². The van der Waals surface area contributed by atoms with Crippen molar-refractivity contribution in [1.29, 1.82) is 0 Å². The molecule has 1 aromatic rings. The predicted octanol–water partition coefficient (Wildman–Crippen LogP) is 1.53. The van der Waals surface area contributed by atoms with E-state index in [-0.39, 0.29) is 12.6 Å². The van der Waals surface area contributed by atoms with E-state index >= 15 is 0 Å². The molecular weight excluding hydrogens is 270 g/mol. The standard InChI is InChI=1S/C16H25NO4/c1-4-20-15(19)16(2,17-3)10-12-21-14-7-5-13(6-8-14)9-11-18/h5-8,17-18H,4,9-12H2,1-3H3. The van der Waals surface area contributed by atoms with Crippen LogP contribution in [0.2, 0.25) is 0 Å². The van der Waals surface area contributed by atoms with E-state index in [4.69, 9.17) is 14.6 Å². The lowest BCUT2D eigenvalue weighted by atomic mass is 9.99. The van der Waals surface area contributed by atoms with Crippen LogP contribution in [-0.4, -0.2) is 43.5 Å². The summed E-state index contributed by atoms with van der Waals surface area (Å²) in [7, 11) is 1.74. The molecule has 21 heavy (non-hydrogen) atoms. The van der Waals surface area contributed by atoms with Crippen LogP contribution in [0.5, 0.6) is 5.75 Å². The van der Waals surface area contributed by atoms with Crippen LogP contribution < -0.4 is 10.1 Å². The number of aliphatic hydroxyl groups excluding tert-OH is 1. The first-order valence-electron chi connectivity index (χ1n) is 7.24. The smallest absolute Gasteiger partial charge is 0.326 e. The number of hydrogen-bond acceptors (Lipinski definition) is 5. The van der Waals surface area contributed by atoms with Crippen molar-refractivity contribution < 1.29 is 19.4 Å². The van der Waals surface area contributed by atoms with Gasteiger partial charge in [-0.3, -0.25) is 4.79 Å². The highest BCUT2D eigenvalue weighted by Crippen LogP contribution is 2.16. The molecule has 0 saturated heterocycles. The molecule has 1 atom stereocenters. The number of hydrogen-bond donors (Lipinski definition) is 2. The number of esters is 1. The van der Waals surface area contributed by atoms with Crippen molar-refractivity contribution in [3.63, 3.8) is 0 Å². The number of rotatable bonds is 9. The maximum absolute atomic E-state index is 11.9. The highest BCUT2D eigenvalue weighted by Gasteiger charge is 2.32. The Kier molecular flexibility index (Phi) is 7.19. The lowest BCUT2D eigenvalue weighted by molar-refractivity contribution is -0.150. The third-order valence-corrected chi connectivity index (χ3v) is 3.47. The van der Waals surface area contributed by atoms with Gasteiger partial charge in [0.25, 0.3) is 0 Å². The summed E-state index contributed by atoms with van der Waals surface area (Å²) in [5.41, 5.74) is 0.323. The Labute approximate surface area is 126 Å². The van der Waals surface area contributed by atoms with Crippen LogP contribution in [0.25, 0.3) is 0 Å². The Hall–Kier alpha value is -1.59. The molecule has 0 spiro atoms. The third kappa shape index (κ3) is 5.36. The van der Waals surface area contributed by atoms with Crippen molar-refractivity contribution in [3.05, 3.63) is 29.8 Å². The summed E-state index contributed by atoms with van der Waals surface area (Å²) >= 11 is 0. The molecule has 0 radical (unpaired) electrons. The van der Waals surface area contributed by atoms with Crippen LogP contribution in [0.4, 0.5) is 0 Å². The first-order valence-corrected chi connectivity index (χ1v) is 7.24. The molecule has 0 fully saturated rings. The summed E-state index contributed by atoms with van der Waals surface area (Å²) in [6.07, 6.45) is 1.15. The zero-order chi connectivity index (χ0) is 15.7. The van der Waals surface area contributed by atoms with E-state index < -0.39 is 5.54 Å². The molecule has 0 amide bonds. The van der Waals surface area contributed by atoms with Gasteiger partial charge in [0.1, 0.15) is 11.3 Å². The Balaban J connectivity index is 2.48. The van der Waals surface area contributed by atoms with E-state index in [0.717, 1.165) is 11.3 Å². The van der Waals surface area contributed by atoms with Crippen LogP contribution >= 0.6 is 0 Å². The minimum absolute atomic E-state index is 0.139. The minimum atomic E-state index is -0.743. The Bertz CT molecular complexity index is 432. The van der Waals surface area contributed by atoms with Gasteiger partial charge < -0.3 is 19.9 Å². The van der Waals surface area contributed by atoms with Crippen molar-refractivity contribution in [2.45, 2.75) is 32.2 Å². The minimum Gasteiger partial charge on any atom is -0.494 e. The van der Waals surface area contributed by atoms with Gasteiger partial charge in [-0.15, -0.1) is 0 Å². The molecule has 0 aliphatic carbocycles. The first-order chi connectivity index (χ1) is 10.1. The fourth-order valence-corrected chi connectivity index (χ4v) is 1.87. The van der Waals surface area contributed by atoms with Gasteiger partial charge in [-0.25, -0.2) is 0 Å². The summed E-state index contributed by atoms with van der Waals surface area (Å²) in [5, 5.41) is 11.9. The molecule has 0 aromatic heterocycles. The van der Waals surface area contributed by atoms with E-state index in [9.17, 15) is 4.79 Å². The number of ether oxygens (including phenoxy) is 2. The van der Waals surface area contributed by atoms with E-state index in [1.165, 1.54) is 0 Å². The molecule has 1 rings (SSSR count). The first kappa shape index (κ1) is 17.5. The Morgan fingerprint density at radius 2 is 2.00 bits per heavy atom. The molecule has 0 aliphatic rings. The van der Waals surface area contributed by atoms with Crippen LogP contribution in [0.1, 0.15) is 25.8 Å². The van der Waals surface area contributed by atoms with Gasteiger partial charge in [0.05, 0.1) is 13.2 Å². The number of likely N-dealkylation sites (N-methyl/N-ethyl adjacent to an activating group) is 1. The Morgan fingerprint density at radius 1 is 1.33 bits per heavy atom. The molecule has 1 aromatic carbocycles. The second kappa shape index (κ2) is 8.64. The van der Waals surface area contributed by atoms with Crippen molar-refractivity contribution in [2.24, 2.45) is 0 Å². The molecular formula is C16H25NO4. The molecule has 1 unspecified atom stereocenters.